The van der Waals surface area contributed by atoms with Crippen LogP contribution >= 0.6 is 0 Å². The highest BCUT2D eigenvalue weighted by Crippen LogP contribution is 2.30. The number of aryl methyl sites for hydroxylation is 1. The molecule has 1 atom stereocenters. The number of hydrogen-bond donors (Lipinski definition) is 0. The van der Waals surface area contributed by atoms with E-state index in [0.29, 0.717) is 23.4 Å². The van der Waals surface area contributed by atoms with Crippen LogP contribution in [0.25, 0.3) is 11.0 Å². The van der Waals surface area contributed by atoms with Gasteiger partial charge < -0.3 is 13.9 Å². The topological polar surface area (TPSA) is 69.0 Å². The van der Waals surface area contributed by atoms with E-state index < -0.39 is 0 Å². The molecule has 0 N–H and O–H groups in total. The molecule has 1 saturated heterocycles. The van der Waals surface area contributed by atoms with Crippen molar-refractivity contribution < 1.29 is 23.5 Å². The number of furan rings is 1. The van der Waals surface area contributed by atoms with Crippen molar-refractivity contribution in [2.24, 2.45) is 0 Å². The van der Waals surface area contributed by atoms with Crippen LogP contribution in [-0.4, -0.2) is 49.0 Å². The number of esters is 1. The van der Waals surface area contributed by atoms with Crippen LogP contribution in [0.4, 0.5) is 0 Å². The molecule has 1 aliphatic rings. The molecule has 0 amide bonds. The molecule has 4 rings (SSSR count). The van der Waals surface area contributed by atoms with E-state index in [2.05, 4.69) is 11.8 Å². The van der Waals surface area contributed by atoms with Crippen molar-refractivity contribution in [2.45, 2.75) is 58.5 Å². The van der Waals surface area contributed by atoms with Crippen LogP contribution in [-0.2, 0) is 16.0 Å². The van der Waals surface area contributed by atoms with Crippen molar-refractivity contribution in [3.05, 3.63) is 65.4 Å². The lowest BCUT2D eigenvalue weighted by atomic mass is 9.98. The Morgan fingerprint density at radius 1 is 1.03 bits per heavy atom. The summed E-state index contributed by atoms with van der Waals surface area (Å²) < 4.78 is 17.5. The fraction of sp³-hybridized carbons (Fsp3) is 0.448. The van der Waals surface area contributed by atoms with Crippen LogP contribution in [0, 0.1) is 0 Å². The second-order valence-electron chi connectivity index (χ2n) is 9.26. The number of carbonyl (C=O) groups excluding carboxylic acids is 2. The first-order chi connectivity index (χ1) is 17.0. The van der Waals surface area contributed by atoms with E-state index in [4.69, 9.17) is 13.9 Å². The van der Waals surface area contributed by atoms with Gasteiger partial charge in [0.05, 0.1) is 5.56 Å². The molecule has 0 aliphatic carbocycles. The van der Waals surface area contributed by atoms with Gasteiger partial charge in [0.1, 0.15) is 29.8 Å². The van der Waals surface area contributed by atoms with Crippen LogP contribution in [0.1, 0.15) is 67.6 Å². The van der Waals surface area contributed by atoms with Gasteiger partial charge in [0.25, 0.3) is 0 Å². The number of benzene rings is 2. The number of likely N-dealkylation sites (tertiary alicyclic amines) is 1. The summed E-state index contributed by atoms with van der Waals surface area (Å²) in [5, 5.41) is 0.853. The molecule has 1 fully saturated rings. The summed E-state index contributed by atoms with van der Waals surface area (Å²) in [5.41, 5.74) is 1.98. The number of piperidine rings is 1. The van der Waals surface area contributed by atoms with Gasteiger partial charge in [-0.05, 0) is 62.7 Å². The van der Waals surface area contributed by atoms with Crippen LogP contribution in [0.3, 0.4) is 0 Å². The molecule has 2 aromatic carbocycles. The Balaban J connectivity index is 1.44. The molecule has 2 heterocycles. The van der Waals surface area contributed by atoms with Gasteiger partial charge in [-0.2, -0.15) is 0 Å². The zero-order valence-corrected chi connectivity index (χ0v) is 20.8. The summed E-state index contributed by atoms with van der Waals surface area (Å²) in [6, 6.07) is 14.9. The van der Waals surface area contributed by atoms with E-state index in [1.807, 2.05) is 24.3 Å². The Kier molecular flexibility index (Phi) is 8.59. The summed E-state index contributed by atoms with van der Waals surface area (Å²) >= 11 is 0. The van der Waals surface area contributed by atoms with E-state index in [0.717, 1.165) is 49.1 Å². The van der Waals surface area contributed by atoms with Crippen LogP contribution in [0.15, 0.2) is 52.9 Å². The molecule has 0 spiro atoms. The summed E-state index contributed by atoms with van der Waals surface area (Å²) in [5.74, 6) is 1.04. The van der Waals surface area contributed by atoms with Crippen LogP contribution < -0.4 is 4.74 Å². The fourth-order valence-electron chi connectivity index (χ4n) is 4.68. The molecule has 35 heavy (non-hydrogen) atoms. The molecule has 0 bridgehead atoms. The number of carbonyl (C=O) groups is 2. The summed E-state index contributed by atoms with van der Waals surface area (Å²) in [6.07, 6.45) is 6.01. The minimum Gasteiger partial charge on any atom is -0.490 e. The largest absolute Gasteiger partial charge is 0.490 e. The van der Waals surface area contributed by atoms with Crippen LogP contribution in [0.2, 0.25) is 0 Å². The van der Waals surface area contributed by atoms with Gasteiger partial charge in [0.15, 0.2) is 5.78 Å². The molecule has 1 unspecified atom stereocenters. The van der Waals surface area contributed by atoms with Gasteiger partial charge in [-0.3, -0.25) is 14.5 Å². The quantitative estimate of drug-likeness (QED) is 0.257. The average Bonchev–Trinajstić information content (AvgIpc) is 3.24. The summed E-state index contributed by atoms with van der Waals surface area (Å²) in [6.45, 7) is 6.55. The first-order valence-corrected chi connectivity index (χ1v) is 12.7. The van der Waals surface area contributed by atoms with Crippen molar-refractivity contribution in [1.82, 2.24) is 4.90 Å². The zero-order valence-electron chi connectivity index (χ0n) is 20.8. The SMILES string of the molecule is CCCCc1oc2ccccc2c1C(=O)c1ccc(OCC(CN2CCCCC2)OC(C)=O)cc1. The molecule has 6 nitrogen and oxygen atoms in total. The molecule has 1 aromatic heterocycles. The van der Waals surface area contributed by atoms with Gasteiger partial charge in [0.2, 0.25) is 0 Å². The highest BCUT2D eigenvalue weighted by atomic mass is 16.6. The number of para-hydroxylation sites is 1. The first kappa shape index (κ1) is 25.0. The number of hydrogen-bond acceptors (Lipinski definition) is 6. The van der Waals surface area contributed by atoms with E-state index in [-0.39, 0.29) is 24.5 Å². The maximum absolute atomic E-state index is 13.5. The first-order valence-electron chi connectivity index (χ1n) is 12.7. The molecule has 0 radical (unpaired) electrons. The Bertz CT molecular complexity index is 1130. The normalized spacial score (nSPS) is 15.1. The monoisotopic (exact) mass is 477 g/mol. The third kappa shape index (κ3) is 6.51. The Morgan fingerprint density at radius 3 is 2.49 bits per heavy atom. The van der Waals surface area contributed by atoms with Gasteiger partial charge in [-0.25, -0.2) is 0 Å². The van der Waals surface area contributed by atoms with Gasteiger partial charge in [0, 0.05) is 30.8 Å². The van der Waals surface area contributed by atoms with Crippen molar-refractivity contribution >= 4 is 22.7 Å². The maximum Gasteiger partial charge on any atom is 0.303 e. The van der Waals surface area contributed by atoms with Gasteiger partial charge >= 0.3 is 5.97 Å². The average molecular weight is 478 g/mol. The lowest BCUT2D eigenvalue weighted by molar-refractivity contribution is -0.149. The van der Waals surface area contributed by atoms with E-state index in [1.54, 1.807) is 24.3 Å². The summed E-state index contributed by atoms with van der Waals surface area (Å²) in [4.78, 5) is 27.4. The predicted molar refractivity (Wildman–Crippen MR) is 136 cm³/mol. The minimum absolute atomic E-state index is 0.0458. The molecule has 6 heteroatoms. The maximum atomic E-state index is 13.5. The summed E-state index contributed by atoms with van der Waals surface area (Å²) in [7, 11) is 0. The van der Waals surface area contributed by atoms with Gasteiger partial charge in [-0.15, -0.1) is 0 Å². The highest BCUT2D eigenvalue weighted by Gasteiger charge is 2.22. The lowest BCUT2D eigenvalue weighted by Gasteiger charge is -2.30. The van der Waals surface area contributed by atoms with Crippen molar-refractivity contribution in [3.8, 4) is 5.75 Å². The van der Waals surface area contributed by atoms with Crippen molar-refractivity contribution in [1.29, 1.82) is 0 Å². The number of ether oxygens (including phenoxy) is 2. The molecule has 3 aromatic rings. The van der Waals surface area contributed by atoms with Gasteiger partial charge in [-0.1, -0.05) is 38.0 Å². The fourth-order valence-corrected chi connectivity index (χ4v) is 4.68. The number of ketones is 1. The smallest absolute Gasteiger partial charge is 0.303 e. The molecular weight excluding hydrogens is 442 g/mol. The molecular formula is C29H35NO5. The number of nitrogens with zero attached hydrogens (tertiary/aromatic N) is 1. The third-order valence-corrected chi connectivity index (χ3v) is 6.45. The van der Waals surface area contributed by atoms with E-state index in [9.17, 15) is 9.59 Å². The van der Waals surface area contributed by atoms with E-state index >= 15 is 0 Å². The molecule has 186 valence electrons. The molecule has 0 saturated carbocycles. The predicted octanol–water partition coefficient (Wildman–Crippen LogP) is 5.80. The standard InChI is InChI=1S/C29H35NO5/c1-3-4-11-27-28(25-10-6-7-12-26(25)35-27)29(32)22-13-15-23(16-14-22)33-20-24(34-21(2)31)19-30-17-8-5-9-18-30/h6-7,10,12-16,24H,3-5,8-9,11,17-20H2,1-2H3. The minimum atomic E-state index is -0.328. The second kappa shape index (κ2) is 12.0. The number of unbranched alkanes of at least 4 members (excludes halogenated alkanes) is 1. The van der Waals surface area contributed by atoms with Crippen molar-refractivity contribution in [2.75, 3.05) is 26.2 Å². The molecule has 1 aliphatic heterocycles. The Hall–Kier alpha value is -3.12. The van der Waals surface area contributed by atoms with E-state index in [1.165, 1.54) is 26.2 Å². The second-order valence-corrected chi connectivity index (χ2v) is 9.26. The highest BCUT2D eigenvalue weighted by molar-refractivity contribution is 6.16. The van der Waals surface area contributed by atoms with Crippen molar-refractivity contribution in [3.63, 3.8) is 0 Å². The zero-order chi connectivity index (χ0) is 24.6. The Labute approximate surface area is 207 Å². The Morgan fingerprint density at radius 2 is 1.77 bits per heavy atom. The number of fused-ring (bicyclic) bond motifs is 1. The van der Waals surface area contributed by atoms with Crippen LogP contribution in [0.5, 0.6) is 5.75 Å². The lowest BCUT2D eigenvalue weighted by Crippen LogP contribution is -2.40. The third-order valence-electron chi connectivity index (χ3n) is 6.45. The number of rotatable bonds is 11.